The summed E-state index contributed by atoms with van der Waals surface area (Å²) < 4.78 is 0. The summed E-state index contributed by atoms with van der Waals surface area (Å²) in [5.74, 6) is 0. The monoisotopic (exact) mass is 358 g/mol. The number of nitrogens with one attached hydrogen (secondary N) is 2. The molecule has 138 valence electrons. The van der Waals surface area contributed by atoms with Gasteiger partial charge >= 0.3 is 0 Å². The van der Waals surface area contributed by atoms with E-state index in [9.17, 15) is 15.3 Å². The summed E-state index contributed by atoms with van der Waals surface area (Å²) in [4.78, 5) is 0. The topological polar surface area (TPSA) is 130 Å². The molecule has 0 amide bonds. The van der Waals surface area contributed by atoms with Gasteiger partial charge in [-0.2, -0.15) is 10.2 Å². The van der Waals surface area contributed by atoms with Gasteiger partial charge in [0.2, 0.25) is 0 Å². The van der Waals surface area contributed by atoms with Crippen LogP contribution >= 0.6 is 0 Å². The number of aliphatic hydroxyl groups excluding tert-OH is 4. The largest absolute Gasteiger partial charge is 0.394 e. The summed E-state index contributed by atoms with van der Waals surface area (Å²) >= 11 is 0. The number of para-hydroxylation sites is 2. The highest BCUT2D eigenvalue weighted by Gasteiger charge is 2.27. The highest BCUT2D eigenvalue weighted by molar-refractivity contribution is 6.33. The van der Waals surface area contributed by atoms with Crippen molar-refractivity contribution in [3.63, 3.8) is 0 Å². The van der Waals surface area contributed by atoms with E-state index in [4.69, 9.17) is 5.11 Å². The summed E-state index contributed by atoms with van der Waals surface area (Å²) in [6.07, 6.45) is -3.47. The van der Waals surface area contributed by atoms with Crippen molar-refractivity contribution < 1.29 is 20.4 Å². The number of hydrogen-bond donors (Lipinski definition) is 6. The maximum Gasteiger partial charge on any atom is 0.128 e. The van der Waals surface area contributed by atoms with E-state index in [1.54, 1.807) is 24.3 Å². The van der Waals surface area contributed by atoms with E-state index < -0.39 is 24.9 Å². The molecule has 8 nitrogen and oxygen atoms in total. The molecule has 2 aromatic carbocycles. The lowest BCUT2D eigenvalue weighted by molar-refractivity contribution is -0.0548. The molecule has 2 rings (SSSR count). The first-order valence-electron chi connectivity index (χ1n) is 7.99. The van der Waals surface area contributed by atoms with Gasteiger partial charge in [-0.1, -0.05) is 36.4 Å². The molecule has 0 fully saturated rings. The molecule has 2 aromatic rings. The third-order valence-electron chi connectivity index (χ3n) is 3.46. The second kappa shape index (κ2) is 10.3. The number of nitrogens with zero attached hydrogens (tertiary/aromatic N) is 2. The summed E-state index contributed by atoms with van der Waals surface area (Å²) in [6, 6.07) is 18.1. The summed E-state index contributed by atoms with van der Waals surface area (Å²) in [5, 5.41) is 46.7. The van der Waals surface area contributed by atoms with Gasteiger partial charge in [0.15, 0.2) is 0 Å². The number of hydrogen-bond acceptors (Lipinski definition) is 8. The maximum atomic E-state index is 10.2. The van der Waals surface area contributed by atoms with Crippen molar-refractivity contribution in [2.45, 2.75) is 18.3 Å². The molecule has 0 aliphatic heterocycles. The fourth-order valence-electron chi connectivity index (χ4n) is 1.99. The van der Waals surface area contributed by atoms with Crippen LogP contribution in [0.25, 0.3) is 0 Å². The number of hydrazone groups is 2. The Hall–Kier alpha value is -2.78. The average molecular weight is 358 g/mol. The number of benzene rings is 2. The number of rotatable bonds is 9. The van der Waals surface area contributed by atoms with Crippen LogP contribution in [0, 0.1) is 0 Å². The molecule has 0 aliphatic rings. The fourth-order valence-corrected chi connectivity index (χ4v) is 1.99. The van der Waals surface area contributed by atoms with Gasteiger partial charge in [-0.25, -0.2) is 0 Å². The Bertz CT molecular complexity index is 710. The predicted octanol–water partition coefficient (Wildman–Crippen LogP) is 0.627. The van der Waals surface area contributed by atoms with E-state index in [1.165, 1.54) is 6.21 Å². The standard InChI is InChI=1S/C18H22N4O4/c23-12-16(24)18(26)17(25)15(22-21-14-9-5-2-6-10-14)11-19-20-13-7-3-1-4-8-13/h1-11,16-18,20-21,23-26H,12H2/b19-11+,22-15+/t16-,17+,18-/m1/s1. The molecule has 0 saturated heterocycles. The van der Waals surface area contributed by atoms with Crippen LogP contribution in [0.5, 0.6) is 0 Å². The van der Waals surface area contributed by atoms with Gasteiger partial charge in [-0.05, 0) is 24.3 Å². The lowest BCUT2D eigenvalue weighted by Crippen LogP contribution is -2.44. The van der Waals surface area contributed by atoms with Gasteiger partial charge in [-0.15, -0.1) is 0 Å². The van der Waals surface area contributed by atoms with Crippen molar-refractivity contribution in [1.29, 1.82) is 0 Å². The fraction of sp³-hybridized carbons (Fsp3) is 0.222. The minimum absolute atomic E-state index is 0.0303. The highest BCUT2D eigenvalue weighted by Crippen LogP contribution is 2.08. The third kappa shape index (κ3) is 5.94. The first-order valence-corrected chi connectivity index (χ1v) is 7.99. The van der Waals surface area contributed by atoms with Crippen LogP contribution in [0.1, 0.15) is 0 Å². The molecule has 0 aliphatic carbocycles. The van der Waals surface area contributed by atoms with Gasteiger partial charge < -0.3 is 20.4 Å². The van der Waals surface area contributed by atoms with Crippen LogP contribution in [-0.2, 0) is 0 Å². The van der Waals surface area contributed by atoms with Gasteiger partial charge in [0.05, 0.1) is 24.2 Å². The highest BCUT2D eigenvalue weighted by atomic mass is 16.4. The molecule has 26 heavy (non-hydrogen) atoms. The molecule has 0 heterocycles. The molecule has 6 N–H and O–H groups in total. The van der Waals surface area contributed by atoms with E-state index in [1.807, 2.05) is 36.4 Å². The predicted molar refractivity (Wildman–Crippen MR) is 101 cm³/mol. The molecule has 3 atom stereocenters. The van der Waals surface area contributed by atoms with Crippen molar-refractivity contribution in [2.24, 2.45) is 10.2 Å². The van der Waals surface area contributed by atoms with Crippen LogP contribution in [0.2, 0.25) is 0 Å². The molecule has 0 bridgehead atoms. The first-order chi connectivity index (χ1) is 12.6. The van der Waals surface area contributed by atoms with Crippen LogP contribution in [-0.4, -0.2) is 57.3 Å². The Labute approximate surface area is 151 Å². The van der Waals surface area contributed by atoms with Gasteiger partial charge in [0.25, 0.3) is 0 Å². The third-order valence-corrected chi connectivity index (χ3v) is 3.46. The van der Waals surface area contributed by atoms with E-state index in [-0.39, 0.29) is 5.71 Å². The minimum atomic E-state index is -1.63. The van der Waals surface area contributed by atoms with Crippen LogP contribution in [0.3, 0.4) is 0 Å². The average Bonchev–Trinajstić information content (AvgIpc) is 2.70. The van der Waals surface area contributed by atoms with Crippen molar-refractivity contribution >= 4 is 23.3 Å². The summed E-state index contributed by atoms with van der Waals surface area (Å²) in [5.41, 5.74) is 6.87. The van der Waals surface area contributed by atoms with E-state index >= 15 is 0 Å². The van der Waals surface area contributed by atoms with Crippen molar-refractivity contribution in [2.75, 3.05) is 17.5 Å². The van der Waals surface area contributed by atoms with Crippen LogP contribution in [0.4, 0.5) is 11.4 Å². The van der Waals surface area contributed by atoms with E-state index in [0.29, 0.717) is 5.69 Å². The molecule has 8 heteroatoms. The van der Waals surface area contributed by atoms with E-state index in [0.717, 1.165) is 5.69 Å². The molecular formula is C18H22N4O4. The zero-order chi connectivity index (χ0) is 18.8. The molecular weight excluding hydrogens is 336 g/mol. The zero-order valence-corrected chi connectivity index (χ0v) is 14.0. The Morgan fingerprint density at radius 2 is 1.42 bits per heavy atom. The van der Waals surface area contributed by atoms with Crippen molar-refractivity contribution in [3.8, 4) is 0 Å². The smallest absolute Gasteiger partial charge is 0.128 e. The van der Waals surface area contributed by atoms with Crippen LogP contribution in [0.15, 0.2) is 70.9 Å². The second-order valence-corrected chi connectivity index (χ2v) is 5.44. The van der Waals surface area contributed by atoms with Crippen molar-refractivity contribution in [1.82, 2.24) is 0 Å². The lowest BCUT2D eigenvalue weighted by atomic mass is 10.0. The molecule has 0 radical (unpaired) electrons. The lowest BCUT2D eigenvalue weighted by Gasteiger charge is -2.21. The minimum Gasteiger partial charge on any atom is -0.394 e. The van der Waals surface area contributed by atoms with Crippen molar-refractivity contribution in [3.05, 3.63) is 60.7 Å². The second-order valence-electron chi connectivity index (χ2n) is 5.44. The normalized spacial score (nSPS) is 15.5. The Balaban J connectivity index is 2.14. The number of anilines is 2. The van der Waals surface area contributed by atoms with Gasteiger partial charge in [0.1, 0.15) is 24.0 Å². The SMILES string of the molecule is OC[C@@H](O)[C@@H](O)[C@@H](O)C(/C=N/Nc1ccccc1)=N/Nc1ccccc1. The van der Waals surface area contributed by atoms with E-state index in [2.05, 4.69) is 21.1 Å². The zero-order valence-electron chi connectivity index (χ0n) is 14.0. The summed E-state index contributed by atoms with van der Waals surface area (Å²) in [7, 11) is 0. The van der Waals surface area contributed by atoms with Gasteiger partial charge in [0, 0.05) is 0 Å². The maximum absolute atomic E-state index is 10.2. The molecule has 0 aromatic heterocycles. The van der Waals surface area contributed by atoms with Crippen LogP contribution < -0.4 is 10.9 Å². The Kier molecular flexibility index (Phi) is 7.72. The van der Waals surface area contributed by atoms with Gasteiger partial charge in [-0.3, -0.25) is 10.9 Å². The Morgan fingerprint density at radius 1 is 0.885 bits per heavy atom. The molecule has 0 unspecified atom stereocenters. The Morgan fingerprint density at radius 3 is 1.96 bits per heavy atom. The summed E-state index contributed by atoms with van der Waals surface area (Å²) in [6.45, 7) is -0.697. The number of aliphatic hydroxyl groups is 4. The first kappa shape index (κ1) is 19.5. The molecule has 0 spiro atoms. The quantitative estimate of drug-likeness (QED) is 0.288. The molecule has 0 saturated carbocycles.